The SMILES string of the molecule is CC(C)Oc1ccc(-c2nc(-c3cccc4c(CN(C)[C@H](C)C(=O)O)cn(C)c34)no2)cc1Cl. The van der Waals surface area contributed by atoms with Gasteiger partial charge < -0.3 is 18.9 Å². The molecule has 0 radical (unpaired) electrons. The fourth-order valence-corrected chi connectivity index (χ4v) is 4.11. The van der Waals surface area contributed by atoms with Gasteiger partial charge in [-0.05, 0) is 57.6 Å². The molecule has 2 heterocycles. The van der Waals surface area contributed by atoms with Crippen LogP contribution in [0.5, 0.6) is 5.75 Å². The number of hydrogen-bond donors (Lipinski definition) is 1. The number of para-hydroxylation sites is 1. The van der Waals surface area contributed by atoms with E-state index in [1.165, 1.54) is 0 Å². The highest BCUT2D eigenvalue weighted by Crippen LogP contribution is 2.34. The first-order valence-corrected chi connectivity index (χ1v) is 11.3. The Morgan fingerprint density at radius 2 is 2.03 bits per heavy atom. The van der Waals surface area contributed by atoms with Crippen molar-refractivity contribution in [2.24, 2.45) is 7.05 Å². The molecule has 9 heteroatoms. The van der Waals surface area contributed by atoms with Gasteiger partial charge in [0.25, 0.3) is 5.89 Å². The van der Waals surface area contributed by atoms with Crippen molar-refractivity contribution in [3.05, 3.63) is 53.2 Å². The number of likely N-dealkylation sites (N-methyl/N-ethyl adjacent to an activating group) is 1. The number of halogens is 1. The molecule has 178 valence electrons. The zero-order valence-corrected chi connectivity index (χ0v) is 20.5. The first kappa shape index (κ1) is 23.8. The zero-order valence-electron chi connectivity index (χ0n) is 19.7. The summed E-state index contributed by atoms with van der Waals surface area (Å²) in [5.41, 5.74) is 3.48. The number of benzene rings is 2. The highest BCUT2D eigenvalue weighted by atomic mass is 35.5. The van der Waals surface area contributed by atoms with Crippen LogP contribution in [-0.2, 0) is 18.4 Å². The molecule has 0 aliphatic heterocycles. The van der Waals surface area contributed by atoms with Gasteiger partial charge in [0.1, 0.15) is 11.8 Å². The van der Waals surface area contributed by atoms with Gasteiger partial charge in [-0.3, -0.25) is 9.69 Å². The van der Waals surface area contributed by atoms with Crippen LogP contribution >= 0.6 is 11.6 Å². The standard InChI is InChI=1S/C25H27ClN4O4/c1-14(2)33-21-10-9-16(11-20(21)26)24-27-23(28-34-24)19-8-6-7-18-17(13-30(5)22(18)19)12-29(4)15(3)25(31)32/h6-11,13-15H,12H2,1-5H3,(H,31,32)/t15-/m1/s1. The number of aliphatic carboxylic acids is 1. The Morgan fingerprint density at radius 1 is 1.26 bits per heavy atom. The lowest BCUT2D eigenvalue weighted by atomic mass is 10.1. The van der Waals surface area contributed by atoms with Gasteiger partial charge in [0.2, 0.25) is 5.82 Å². The third kappa shape index (κ3) is 4.64. The van der Waals surface area contributed by atoms with Crippen LogP contribution in [0, 0.1) is 0 Å². The molecule has 1 N–H and O–H groups in total. The van der Waals surface area contributed by atoms with E-state index in [0.29, 0.717) is 34.6 Å². The van der Waals surface area contributed by atoms with Crippen LogP contribution in [0.25, 0.3) is 33.7 Å². The summed E-state index contributed by atoms with van der Waals surface area (Å²) >= 11 is 6.37. The second-order valence-corrected chi connectivity index (χ2v) is 9.04. The van der Waals surface area contributed by atoms with Gasteiger partial charge in [0.15, 0.2) is 0 Å². The third-order valence-corrected chi connectivity index (χ3v) is 6.03. The highest BCUT2D eigenvalue weighted by molar-refractivity contribution is 6.32. The fraction of sp³-hybridized carbons (Fsp3) is 0.320. The van der Waals surface area contributed by atoms with E-state index in [0.717, 1.165) is 22.0 Å². The molecule has 0 aliphatic carbocycles. The van der Waals surface area contributed by atoms with Gasteiger partial charge in [-0.25, -0.2) is 0 Å². The molecule has 4 aromatic rings. The van der Waals surface area contributed by atoms with E-state index in [9.17, 15) is 9.90 Å². The average molecular weight is 483 g/mol. The maximum Gasteiger partial charge on any atom is 0.320 e. The molecule has 4 rings (SSSR count). The maximum atomic E-state index is 11.4. The number of carboxylic acids is 1. The molecule has 0 saturated carbocycles. The van der Waals surface area contributed by atoms with Crippen LogP contribution in [0.15, 0.2) is 47.1 Å². The largest absolute Gasteiger partial charge is 0.489 e. The predicted molar refractivity (Wildman–Crippen MR) is 131 cm³/mol. The van der Waals surface area contributed by atoms with Crippen LogP contribution in [0.4, 0.5) is 0 Å². The van der Waals surface area contributed by atoms with E-state index in [2.05, 4.69) is 10.1 Å². The first-order chi connectivity index (χ1) is 16.2. The zero-order chi connectivity index (χ0) is 24.6. The van der Waals surface area contributed by atoms with E-state index in [4.69, 9.17) is 20.9 Å². The van der Waals surface area contributed by atoms with E-state index in [-0.39, 0.29) is 6.10 Å². The normalized spacial score (nSPS) is 12.6. The Kier molecular flexibility index (Phi) is 6.63. The van der Waals surface area contributed by atoms with Crippen LogP contribution in [-0.4, -0.2) is 49.9 Å². The summed E-state index contributed by atoms with van der Waals surface area (Å²) in [4.78, 5) is 17.8. The average Bonchev–Trinajstić information content (AvgIpc) is 3.39. The number of aryl methyl sites for hydroxylation is 1. The van der Waals surface area contributed by atoms with Gasteiger partial charge in [0.05, 0.1) is 16.6 Å². The molecule has 0 amide bonds. The van der Waals surface area contributed by atoms with E-state index < -0.39 is 12.0 Å². The molecule has 0 saturated heterocycles. The maximum absolute atomic E-state index is 11.4. The molecule has 0 unspecified atom stereocenters. The van der Waals surface area contributed by atoms with Crippen LogP contribution < -0.4 is 4.74 Å². The number of ether oxygens (including phenoxy) is 1. The molecule has 2 aromatic heterocycles. The second kappa shape index (κ2) is 9.48. The molecule has 1 atom stereocenters. The van der Waals surface area contributed by atoms with E-state index in [1.54, 1.807) is 31.0 Å². The van der Waals surface area contributed by atoms with Crippen molar-refractivity contribution in [1.82, 2.24) is 19.6 Å². The van der Waals surface area contributed by atoms with Crippen molar-refractivity contribution in [3.8, 4) is 28.6 Å². The Hall–Kier alpha value is -3.36. The Morgan fingerprint density at radius 3 is 2.71 bits per heavy atom. The topological polar surface area (TPSA) is 93.6 Å². The lowest BCUT2D eigenvalue weighted by molar-refractivity contribution is -0.142. The Bertz CT molecular complexity index is 1340. The van der Waals surface area contributed by atoms with Crippen molar-refractivity contribution in [2.75, 3.05) is 7.05 Å². The van der Waals surface area contributed by atoms with Crippen LogP contribution in [0.2, 0.25) is 5.02 Å². The van der Waals surface area contributed by atoms with Gasteiger partial charge in [0, 0.05) is 36.3 Å². The van der Waals surface area contributed by atoms with E-state index in [1.807, 2.05) is 55.9 Å². The van der Waals surface area contributed by atoms with E-state index >= 15 is 0 Å². The lowest BCUT2D eigenvalue weighted by Gasteiger charge is -2.20. The number of aromatic nitrogens is 3. The minimum atomic E-state index is -0.855. The van der Waals surface area contributed by atoms with Gasteiger partial charge >= 0.3 is 5.97 Å². The number of nitrogens with zero attached hydrogens (tertiary/aromatic N) is 4. The molecular weight excluding hydrogens is 456 g/mol. The Labute approximate surface area is 202 Å². The van der Waals surface area contributed by atoms with Crippen molar-refractivity contribution in [3.63, 3.8) is 0 Å². The third-order valence-electron chi connectivity index (χ3n) is 5.73. The molecule has 34 heavy (non-hydrogen) atoms. The number of carbonyl (C=O) groups is 1. The van der Waals surface area contributed by atoms with Crippen molar-refractivity contribution in [1.29, 1.82) is 0 Å². The summed E-state index contributed by atoms with van der Waals surface area (Å²) in [5.74, 6) is 0.559. The van der Waals surface area contributed by atoms with Gasteiger partial charge in [-0.2, -0.15) is 4.98 Å². The summed E-state index contributed by atoms with van der Waals surface area (Å²) < 4.78 is 13.3. The first-order valence-electron chi connectivity index (χ1n) is 11.0. The monoisotopic (exact) mass is 482 g/mol. The summed E-state index contributed by atoms with van der Waals surface area (Å²) in [6, 6.07) is 10.7. The van der Waals surface area contributed by atoms with Gasteiger partial charge in [-0.1, -0.05) is 28.9 Å². The summed E-state index contributed by atoms with van der Waals surface area (Å²) in [6.07, 6.45) is 2.02. The number of rotatable bonds is 8. The fourth-order valence-electron chi connectivity index (χ4n) is 3.88. The summed E-state index contributed by atoms with van der Waals surface area (Å²) in [5, 5.41) is 15.0. The number of fused-ring (bicyclic) bond motifs is 1. The van der Waals surface area contributed by atoms with Crippen molar-refractivity contribution < 1.29 is 19.2 Å². The van der Waals surface area contributed by atoms with Crippen LogP contribution in [0.1, 0.15) is 26.3 Å². The number of carboxylic acid groups (broad SMARTS) is 1. The van der Waals surface area contributed by atoms with Crippen molar-refractivity contribution in [2.45, 2.75) is 39.5 Å². The molecule has 0 fully saturated rings. The number of hydrogen-bond acceptors (Lipinski definition) is 6. The highest BCUT2D eigenvalue weighted by Gasteiger charge is 2.21. The minimum Gasteiger partial charge on any atom is -0.489 e. The predicted octanol–water partition coefficient (Wildman–Crippen LogP) is 5.24. The minimum absolute atomic E-state index is 0.0150. The molecular formula is C25H27ClN4O4. The summed E-state index contributed by atoms with van der Waals surface area (Å²) in [6.45, 7) is 6.05. The Balaban J connectivity index is 1.67. The molecule has 2 aromatic carbocycles. The van der Waals surface area contributed by atoms with Crippen LogP contribution in [0.3, 0.4) is 0 Å². The molecule has 8 nitrogen and oxygen atoms in total. The van der Waals surface area contributed by atoms with Gasteiger partial charge in [-0.15, -0.1) is 0 Å². The quantitative estimate of drug-likeness (QED) is 0.367. The molecule has 0 bridgehead atoms. The molecule has 0 spiro atoms. The van der Waals surface area contributed by atoms with Crippen molar-refractivity contribution >= 4 is 28.5 Å². The smallest absolute Gasteiger partial charge is 0.320 e. The summed E-state index contributed by atoms with van der Waals surface area (Å²) in [7, 11) is 3.75. The second-order valence-electron chi connectivity index (χ2n) is 8.63. The molecule has 0 aliphatic rings. The lowest BCUT2D eigenvalue weighted by Crippen LogP contribution is -2.35.